The number of thioether (sulfide) groups is 1. The summed E-state index contributed by atoms with van der Waals surface area (Å²) in [5.41, 5.74) is 2.84. The highest BCUT2D eigenvalue weighted by Crippen LogP contribution is 2.27. The van der Waals surface area contributed by atoms with Crippen molar-refractivity contribution in [3.05, 3.63) is 48.5 Å². The van der Waals surface area contributed by atoms with Crippen LogP contribution in [-0.4, -0.2) is 61.1 Å². The van der Waals surface area contributed by atoms with E-state index in [0.29, 0.717) is 0 Å². The molecule has 0 aliphatic carbocycles. The Morgan fingerprint density at radius 1 is 0.943 bits per heavy atom. The molecule has 2 aromatic carbocycles. The van der Waals surface area contributed by atoms with Gasteiger partial charge in [-0.1, -0.05) is 63.2 Å². The number of rotatable bonds is 4. The third kappa shape index (κ3) is 14.5. The van der Waals surface area contributed by atoms with Crippen LogP contribution in [0, 0.1) is 0 Å². The molecule has 13 heteroatoms. The summed E-state index contributed by atoms with van der Waals surface area (Å²) in [5, 5.41) is 7.64. The zero-order valence-electron chi connectivity index (χ0n) is 18.7. The van der Waals surface area contributed by atoms with Crippen LogP contribution in [-0.2, 0) is 25.4 Å². The van der Waals surface area contributed by atoms with E-state index in [1.165, 1.54) is 23.3 Å². The molecule has 0 spiro atoms. The normalized spacial score (nSPS) is 9.77. The van der Waals surface area contributed by atoms with Gasteiger partial charge in [-0.2, -0.15) is 4.52 Å². The Kier molecular flexibility index (Phi) is 23.5. The molecule has 0 amide bonds. The Hall–Kier alpha value is -1.58. The van der Waals surface area contributed by atoms with Gasteiger partial charge >= 0.3 is 15.0 Å². The highest BCUT2D eigenvalue weighted by atomic mass is 32.4. The van der Waals surface area contributed by atoms with Crippen LogP contribution < -0.4 is 4.84 Å². The van der Waals surface area contributed by atoms with E-state index in [-0.39, 0.29) is 22.3 Å². The van der Waals surface area contributed by atoms with Gasteiger partial charge in [0.05, 0.1) is 24.4 Å². The molecule has 4 rings (SSSR count). The summed E-state index contributed by atoms with van der Waals surface area (Å²) in [4.78, 5) is 10.7. The summed E-state index contributed by atoms with van der Waals surface area (Å²) in [6.07, 6.45) is 2.05. The van der Waals surface area contributed by atoms with Gasteiger partial charge in [0.1, 0.15) is 24.8 Å². The third-order valence-electron chi connectivity index (χ3n) is 3.46. The van der Waals surface area contributed by atoms with Crippen molar-refractivity contribution in [1.29, 1.82) is 0 Å². The highest BCUT2D eigenvalue weighted by Gasteiger charge is 2.01. The zero-order chi connectivity index (χ0) is 23.9. The number of aromatic nitrogens is 4. The molecule has 0 aliphatic heterocycles. The average molecular weight is 581 g/mol. The van der Waals surface area contributed by atoms with Crippen molar-refractivity contribution in [1.82, 2.24) is 20.1 Å². The molecule has 0 aliphatic rings. The Balaban J connectivity index is -0.000000405. The first-order valence-corrected chi connectivity index (χ1v) is 15.4. The van der Waals surface area contributed by atoms with Gasteiger partial charge in [-0.3, -0.25) is 0 Å². The molecule has 2 aromatic heterocycles. The minimum atomic E-state index is -1.35. The monoisotopic (exact) mass is 580 g/mol. The number of thiazole rings is 1. The maximum atomic E-state index is 9.74. The summed E-state index contributed by atoms with van der Waals surface area (Å²) in [6.45, 7) is 2.87. The molecule has 8 nitrogen and oxygen atoms in total. The molecule has 0 bridgehead atoms. The zero-order valence-corrected chi connectivity index (χ0v) is 22.9. The molecular weight excluding hydrogens is 542 g/mol. The van der Waals surface area contributed by atoms with Crippen molar-refractivity contribution in [2.45, 2.75) is 26.6 Å². The Morgan fingerprint density at radius 2 is 1.46 bits per heavy atom. The molecule has 2 unspecified atom stereocenters. The van der Waals surface area contributed by atoms with Crippen molar-refractivity contribution >= 4 is 71.1 Å². The first-order valence-electron chi connectivity index (χ1n) is 9.00. The molecule has 0 saturated heterocycles. The van der Waals surface area contributed by atoms with Crippen LogP contribution in [0.15, 0.2) is 52.9 Å². The maximum Gasteiger partial charge on any atom is 0.504 e. The van der Waals surface area contributed by atoms with Crippen LogP contribution in [0.2, 0.25) is 0 Å². The third-order valence-corrected chi connectivity index (χ3v) is 6.95. The lowest BCUT2D eigenvalue weighted by molar-refractivity contribution is 0.139. The van der Waals surface area contributed by atoms with Gasteiger partial charge in [0.15, 0.2) is 22.8 Å². The van der Waals surface area contributed by atoms with Gasteiger partial charge in [-0.15, -0.1) is 21.0 Å². The summed E-state index contributed by atoms with van der Waals surface area (Å²) in [6, 6.07) is 15.8. The SMILES string of the molecule is C.C.C.CO[P+](C)=O.CO[P+](C)=S.COn1nnc2ccccc21.CSc1nc2ccccc2s1. The van der Waals surface area contributed by atoms with Crippen LogP contribution in [0.5, 0.6) is 0 Å². The first kappa shape index (κ1) is 38.0. The lowest BCUT2D eigenvalue weighted by Crippen LogP contribution is -2.06. The van der Waals surface area contributed by atoms with Gasteiger partial charge in [0.2, 0.25) is 0 Å². The highest BCUT2D eigenvalue weighted by molar-refractivity contribution is 8.02. The van der Waals surface area contributed by atoms with Crippen LogP contribution >= 0.6 is 38.1 Å². The minimum Gasteiger partial charge on any atom is -0.398 e. The molecule has 2 heterocycles. The molecule has 0 saturated carbocycles. The molecule has 0 N–H and O–H groups in total. The van der Waals surface area contributed by atoms with E-state index >= 15 is 0 Å². The van der Waals surface area contributed by atoms with Crippen LogP contribution in [0.25, 0.3) is 21.3 Å². The molecule has 196 valence electrons. The topological polar surface area (TPSA) is 88.4 Å². The lowest BCUT2D eigenvalue weighted by Gasteiger charge is -1.95. The maximum absolute atomic E-state index is 9.74. The number of hydrogen-bond donors (Lipinski definition) is 0. The first-order chi connectivity index (χ1) is 15.4. The van der Waals surface area contributed by atoms with Crippen LogP contribution in [0.3, 0.4) is 0 Å². The van der Waals surface area contributed by atoms with E-state index in [1.807, 2.05) is 49.1 Å². The van der Waals surface area contributed by atoms with E-state index in [2.05, 4.69) is 48.5 Å². The van der Waals surface area contributed by atoms with Gasteiger partial charge in [-0.05, 0) is 40.3 Å². The average Bonchev–Trinajstić information content (AvgIpc) is 3.43. The van der Waals surface area contributed by atoms with Crippen molar-refractivity contribution in [2.75, 3.05) is 40.9 Å². The quantitative estimate of drug-likeness (QED) is 0.179. The van der Waals surface area contributed by atoms with E-state index < -0.39 is 15.0 Å². The molecule has 4 aromatic rings. The summed E-state index contributed by atoms with van der Waals surface area (Å²) >= 11 is 8.07. The van der Waals surface area contributed by atoms with Crippen molar-refractivity contribution in [3.63, 3.8) is 0 Å². The predicted octanol–water partition coefficient (Wildman–Crippen LogP) is 7.54. The number of nitrogens with zero attached hydrogens (tertiary/aromatic N) is 4. The summed E-state index contributed by atoms with van der Waals surface area (Å²) in [5.74, 6) is 0. The van der Waals surface area contributed by atoms with E-state index in [9.17, 15) is 4.57 Å². The number of para-hydroxylation sites is 2. The fourth-order valence-corrected chi connectivity index (χ4v) is 3.41. The number of benzene rings is 2. The fourth-order valence-electron chi connectivity index (χ4n) is 1.92. The Bertz CT molecular complexity index is 1070. The van der Waals surface area contributed by atoms with Crippen molar-refractivity contribution in [3.8, 4) is 0 Å². The molecule has 0 radical (unpaired) electrons. The summed E-state index contributed by atoms with van der Waals surface area (Å²) in [7, 11) is 3.25. The van der Waals surface area contributed by atoms with E-state index in [4.69, 9.17) is 4.84 Å². The van der Waals surface area contributed by atoms with Crippen molar-refractivity contribution in [2.24, 2.45) is 0 Å². The van der Waals surface area contributed by atoms with Crippen LogP contribution in [0.1, 0.15) is 22.3 Å². The standard InChI is InChI=1S/C8H7NS2.C7H7N3O.C2H6O2P.C2H6OPS.3CH4/c1-10-8-9-6-4-2-3-5-7(6)11-8;1-11-10-7-5-3-2-4-6(7)8-9-10;1-4-5(2)3;1-3-4(2)5;;;/h2*2-5H,1H3;2*1-2H3;3*1H4/q;;2*+1;;;. The molecule has 0 fully saturated rings. The lowest BCUT2D eigenvalue weighted by atomic mass is 10.3. The smallest absolute Gasteiger partial charge is 0.398 e. The van der Waals surface area contributed by atoms with E-state index in [0.717, 1.165) is 20.9 Å². The number of fused-ring (bicyclic) bond motifs is 2. The number of hydrogen-bond acceptors (Lipinski definition) is 10. The predicted molar refractivity (Wildman–Crippen MR) is 159 cm³/mol. The second kappa shape index (κ2) is 21.7. The van der Waals surface area contributed by atoms with E-state index in [1.54, 1.807) is 37.3 Å². The Labute approximate surface area is 225 Å². The second-order valence-electron chi connectivity index (χ2n) is 5.53. The molecular formula is C22H38N4O4P2S3+2. The molecule has 2 atom stereocenters. The van der Waals surface area contributed by atoms with Crippen molar-refractivity contribution < 1.29 is 18.5 Å². The Morgan fingerprint density at radius 3 is 1.91 bits per heavy atom. The fraction of sp³-hybridized carbons (Fsp3) is 0.409. The van der Waals surface area contributed by atoms with Gasteiger partial charge in [0, 0.05) is 0 Å². The minimum absolute atomic E-state index is 0. The second-order valence-corrected chi connectivity index (χ2v) is 11.6. The largest absolute Gasteiger partial charge is 0.504 e. The summed E-state index contributed by atoms with van der Waals surface area (Å²) < 4.78 is 21.0. The van der Waals surface area contributed by atoms with Gasteiger partial charge in [-0.25, -0.2) is 4.98 Å². The van der Waals surface area contributed by atoms with Gasteiger partial charge in [0.25, 0.3) is 0 Å². The molecule has 35 heavy (non-hydrogen) atoms. The van der Waals surface area contributed by atoms with Crippen LogP contribution in [0.4, 0.5) is 0 Å². The van der Waals surface area contributed by atoms with Gasteiger partial charge < -0.3 is 4.84 Å².